The Kier molecular flexibility index (Phi) is 42.5. The monoisotopic (exact) mass is 1930 g/mol. The molecule has 46 nitrogen and oxygen atoms in total. The first-order valence-corrected chi connectivity index (χ1v) is 47.5. The quantitative estimate of drug-likeness (QED) is 0.0205. The van der Waals surface area contributed by atoms with Gasteiger partial charge in [0.2, 0.25) is 0 Å². The summed E-state index contributed by atoms with van der Waals surface area (Å²) in [7, 11) is 0. The molecular formula is C69H107ClO46S7. The molecule has 30 rings (SSSR count). The Bertz CT molecular complexity index is 3170. The molecule has 30 fully saturated rings. The van der Waals surface area contributed by atoms with E-state index in [-0.39, 0.29) is 80.5 Å². The van der Waals surface area contributed by atoms with Crippen molar-refractivity contribution in [3.63, 3.8) is 0 Å². The molecule has 708 valence electrons. The second kappa shape index (κ2) is 50.0. The van der Waals surface area contributed by atoms with Crippen molar-refractivity contribution in [2.75, 3.05) is 86.4 Å². The third kappa shape index (κ3) is 28.6. The van der Waals surface area contributed by atoms with E-state index in [1.54, 1.807) is 0 Å². The molecular weight excluding hydrogens is 1820 g/mol. The van der Waals surface area contributed by atoms with Gasteiger partial charge in [0.25, 0.3) is 0 Å². The van der Waals surface area contributed by atoms with E-state index in [2.05, 4.69) is 0 Å². The minimum atomic E-state index is -2.31. The van der Waals surface area contributed by atoms with Crippen molar-refractivity contribution in [1.29, 1.82) is 0 Å². The Morgan fingerprint density at radius 1 is 0.187 bits per heavy atom. The van der Waals surface area contributed by atoms with Gasteiger partial charge in [-0.1, -0.05) is 0 Å². The Hall–Kier alpha value is -2.25. The summed E-state index contributed by atoms with van der Waals surface area (Å²) in [5.74, 6) is -12.9. The Morgan fingerprint density at radius 3 is 0.415 bits per heavy atom. The Morgan fingerprint density at radius 2 is 0.301 bits per heavy atom. The lowest BCUT2D eigenvalue weighted by molar-refractivity contribution is -0.396. The zero-order valence-electron chi connectivity index (χ0n) is 65.1. The molecule has 30 aliphatic heterocycles. The number of halogens is 1. The van der Waals surface area contributed by atoms with Crippen LogP contribution in [-0.4, -0.2) is 491 Å². The van der Waals surface area contributed by atoms with Gasteiger partial charge >= 0.3 is 41.8 Å². The number of aliphatic carboxylic acids is 7. The molecule has 0 aromatic heterocycles. The normalized spacial score (nSPS) is 42.7. The summed E-state index contributed by atoms with van der Waals surface area (Å²) in [6, 6.07) is 0. The highest BCUT2D eigenvalue weighted by Gasteiger charge is 2.61. The maximum absolute atomic E-state index is 12.3. The van der Waals surface area contributed by atoms with Gasteiger partial charge in [0, 0.05) is 80.5 Å². The highest BCUT2D eigenvalue weighted by molar-refractivity contribution is 8.00. The minimum Gasteiger partial charge on any atom is -0.481 e. The molecule has 30 aliphatic rings. The summed E-state index contributed by atoms with van der Waals surface area (Å²) in [6.45, 7) is 0. The number of rotatable bonds is 36. The third-order valence-electron chi connectivity index (χ3n) is 20.8. The number of carbonyl (C=O) groups is 7. The number of thioether (sulfide) groups is 7. The predicted molar refractivity (Wildman–Crippen MR) is 422 cm³/mol. The van der Waals surface area contributed by atoms with Gasteiger partial charge in [0.15, 0.2) is 50.3 Å². The van der Waals surface area contributed by atoms with Crippen molar-refractivity contribution in [2.24, 2.45) is 0 Å². The molecule has 23 N–H and O–H groups in total. The van der Waals surface area contributed by atoms with Crippen molar-refractivity contribution in [2.45, 2.75) is 291 Å². The van der Waals surface area contributed by atoms with Gasteiger partial charge in [0.1, 0.15) is 153 Å². The van der Waals surface area contributed by atoms with Crippen molar-refractivity contribution in [3.8, 4) is 0 Å². The van der Waals surface area contributed by atoms with Gasteiger partial charge < -0.3 is 193 Å². The van der Waals surface area contributed by atoms with Crippen LogP contribution in [0, 0.1) is 0 Å². The molecule has 0 amide bonds. The fourth-order valence-corrected chi connectivity index (χ4v) is 21.5. The molecule has 40 atom stereocenters. The van der Waals surface area contributed by atoms with Crippen LogP contribution in [0.4, 0.5) is 0 Å². The zero-order valence-corrected chi connectivity index (χ0v) is 71.5. The SMILES string of the molecule is O=C(O)CCSC[C@H]1O[C@@H]2O[C@H]3[C@H](O)[C@@H](O)[C@H](O[C@@H]3CSCCC(=O)O)O[C@H]3C(O)[C@@H](O)[C@@H](O[C@H]4[C@H](O)[C@@H](O)[C@@H](O[C@H]5[C@H](O)[C@@H](O)[C@@H](O[C@H]6[C@H](O)[C@@H](O)[C@H](O[C@@H]6CSCCC(=O)O)O[C@H]6C(O)[C@@H](O)[C@@H](O[C@H]7[C@H](O)[C@@H](O)C(O[C@H]1[C@H](O)[C@H]2O)O[C@@H]7CSCCC(=O)O)O[C@@H]6CSCCC(=O)O)O[C@@H]5CCl)O[C@@H]4CSCCC(=O)O)O[C@@H]3CSCCC(=O)O. The number of ether oxygens (including phenoxy) is 16. The van der Waals surface area contributed by atoms with Gasteiger partial charge in [-0.25, -0.2) is 0 Å². The first-order valence-electron chi connectivity index (χ1n) is 38.9. The number of aliphatic hydroxyl groups is 16. The summed E-state index contributed by atoms with van der Waals surface area (Å²) < 4.78 is 99.5. The average Bonchev–Trinajstić information content (AvgIpc) is 0.770. The molecule has 0 aromatic carbocycles. The molecule has 0 aliphatic carbocycles. The van der Waals surface area contributed by atoms with Crippen LogP contribution < -0.4 is 0 Å². The van der Waals surface area contributed by atoms with Crippen LogP contribution in [0.1, 0.15) is 44.9 Å². The standard InChI is InChI=1S/C69H107ClO46S7/c70-15-23-54-38(85)46(93)62(101-23)110-55-24(16-117-8-1-31(71)72)103-64(48(95)40(55)87)112-57-26(18-119-10-3-33(75)76)105-66(50(97)42(57)89)114-59-28(20-121-12-5-35(79)80)107-68(52(99)44(59)91)116-61-30(22-123-14-7-37(83)84)108-69(53(100)45(61)92)115-60-29(21-122-13-6-36(81)82)106-67(51(98)43(60)90)113-58-27(19-120-11-4-34(77)78)104-65(49(96)41(58)88)111-56-25(17-118-9-2-32(73)74)102-63(109-54)47(94)39(56)86/h23-30,38-69,85-100H,1-22H2,(H,71,72)(H,73,74)(H,75,76)(H,77,78)(H,79,80)(H,81,82)(H,83,84)/t23-,24-,25-,26-,27-,28-,29-,30-,38-,39-,40-,41?,42?,43-,44-,45-,46-,47-,48-,49-,50-,51-,52-,53-,54-,55-,56-,57-,58-,59-,60-,61-,62-,63-,64-,65-,66-,67-,68?,69-/m1/s1. The summed E-state index contributed by atoms with van der Waals surface area (Å²) >= 11 is 12.7. The van der Waals surface area contributed by atoms with E-state index in [0.717, 1.165) is 82.3 Å². The summed E-state index contributed by atoms with van der Waals surface area (Å²) in [6.07, 6.45) is -84.3. The topological polar surface area (TPSA) is 732 Å². The third-order valence-corrected chi connectivity index (χ3v) is 28.5. The first-order chi connectivity index (χ1) is 58.4. The van der Waals surface area contributed by atoms with Gasteiger partial charge in [-0.3, -0.25) is 33.6 Å². The van der Waals surface area contributed by atoms with Gasteiger partial charge in [0.05, 0.1) is 93.6 Å². The maximum atomic E-state index is 12.3. The van der Waals surface area contributed by atoms with Crippen LogP contribution in [0.2, 0.25) is 0 Å². The Balaban J connectivity index is 1.10. The van der Waals surface area contributed by atoms with E-state index in [4.69, 9.17) is 87.4 Å². The fraction of sp³-hybridized carbons (Fsp3) is 0.899. The molecule has 0 radical (unpaired) electrons. The lowest BCUT2D eigenvalue weighted by atomic mass is 9.95. The lowest BCUT2D eigenvalue weighted by Gasteiger charge is -2.51. The number of aliphatic hydroxyl groups excluding tert-OH is 16. The number of hydrogen-bond donors (Lipinski definition) is 23. The van der Waals surface area contributed by atoms with Gasteiger partial charge in [-0.05, 0) is 0 Å². The van der Waals surface area contributed by atoms with Crippen LogP contribution in [-0.2, 0) is 109 Å². The zero-order chi connectivity index (χ0) is 90.0. The molecule has 0 aromatic rings. The van der Waals surface area contributed by atoms with E-state index in [9.17, 15) is 151 Å². The van der Waals surface area contributed by atoms with E-state index in [1.807, 2.05) is 0 Å². The average molecular weight is 1930 g/mol. The Labute approximate surface area is 735 Å². The smallest absolute Gasteiger partial charge is 0.304 e. The lowest BCUT2D eigenvalue weighted by Crippen LogP contribution is -2.69. The molecule has 30 saturated heterocycles. The largest absolute Gasteiger partial charge is 0.481 e. The number of hydrogen-bond acceptors (Lipinski definition) is 46. The number of carboxylic acid groups (broad SMARTS) is 7. The number of carboxylic acids is 7. The highest BCUT2D eigenvalue weighted by Crippen LogP contribution is 2.43. The summed E-state index contributed by atoms with van der Waals surface area (Å²) in [5.41, 5.74) is 0. The fourth-order valence-electron chi connectivity index (χ4n) is 14.3. The number of alkyl halides is 1. The van der Waals surface area contributed by atoms with Crippen molar-refractivity contribution in [3.05, 3.63) is 0 Å². The van der Waals surface area contributed by atoms with E-state index in [1.165, 1.54) is 0 Å². The van der Waals surface area contributed by atoms with Crippen LogP contribution in [0.5, 0.6) is 0 Å². The van der Waals surface area contributed by atoms with Crippen LogP contribution in [0.3, 0.4) is 0 Å². The van der Waals surface area contributed by atoms with Crippen LogP contribution >= 0.6 is 93.9 Å². The first kappa shape index (κ1) is 104. The van der Waals surface area contributed by atoms with Crippen molar-refractivity contribution >= 4 is 136 Å². The predicted octanol–water partition coefficient (Wildman–Crippen LogP) is -7.65. The summed E-state index contributed by atoms with van der Waals surface area (Å²) in [4.78, 5) is 82.2. The molecule has 3 unspecified atom stereocenters. The van der Waals surface area contributed by atoms with Gasteiger partial charge in [-0.15, -0.1) is 11.6 Å². The van der Waals surface area contributed by atoms with Crippen LogP contribution in [0.15, 0.2) is 0 Å². The molecule has 0 spiro atoms. The molecule has 30 heterocycles. The van der Waals surface area contributed by atoms with E-state index in [0.29, 0.717) is 0 Å². The second-order valence-corrected chi connectivity index (χ2v) is 38.0. The second-order valence-electron chi connectivity index (χ2n) is 29.7. The molecule has 123 heavy (non-hydrogen) atoms. The van der Waals surface area contributed by atoms with E-state index < -0.39 is 338 Å². The van der Waals surface area contributed by atoms with Gasteiger partial charge in [-0.2, -0.15) is 82.3 Å². The minimum absolute atomic E-state index is 0.132. The molecule has 54 heteroatoms. The van der Waals surface area contributed by atoms with Crippen LogP contribution in [0.25, 0.3) is 0 Å². The van der Waals surface area contributed by atoms with Crippen molar-refractivity contribution in [1.82, 2.24) is 0 Å². The van der Waals surface area contributed by atoms with Crippen molar-refractivity contribution < 1.29 is 227 Å². The molecule has 16 bridgehead atoms. The molecule has 0 saturated carbocycles. The summed E-state index contributed by atoms with van der Waals surface area (Å²) in [5, 5.41) is 261. The maximum Gasteiger partial charge on any atom is 0.304 e. The highest BCUT2D eigenvalue weighted by atomic mass is 35.5. The van der Waals surface area contributed by atoms with E-state index >= 15 is 0 Å².